The highest BCUT2D eigenvalue weighted by atomic mass is 35.5. The number of carbonyl (C=O) groups is 1. The van der Waals surface area contributed by atoms with Crippen molar-refractivity contribution >= 4 is 23.2 Å². The Kier molecular flexibility index (Phi) is 5.32. The highest BCUT2D eigenvalue weighted by Crippen LogP contribution is 2.22. The lowest BCUT2D eigenvalue weighted by Crippen LogP contribution is -2.25. The summed E-state index contributed by atoms with van der Waals surface area (Å²) in [6.45, 7) is 4.35. The Labute approximate surface area is 174 Å². The molecule has 0 saturated carbocycles. The van der Waals surface area contributed by atoms with Crippen LogP contribution < -0.4 is 5.32 Å². The highest BCUT2D eigenvalue weighted by molar-refractivity contribution is 6.30. The number of nitrogens with one attached hydrogen (secondary N) is 1. The Balaban J connectivity index is 1.56. The van der Waals surface area contributed by atoms with E-state index in [1.54, 1.807) is 0 Å². The van der Waals surface area contributed by atoms with Gasteiger partial charge in [-0.15, -0.1) is 0 Å². The first-order valence-electron chi connectivity index (χ1n) is 9.43. The van der Waals surface area contributed by atoms with Crippen LogP contribution in [0.15, 0.2) is 60.7 Å². The lowest BCUT2D eigenvalue weighted by atomic mass is 10.1. The summed E-state index contributed by atoms with van der Waals surface area (Å²) in [5.74, 6) is -0.0623. The van der Waals surface area contributed by atoms with Gasteiger partial charge in [-0.25, -0.2) is 9.50 Å². The van der Waals surface area contributed by atoms with Gasteiger partial charge in [0, 0.05) is 40.1 Å². The van der Waals surface area contributed by atoms with Gasteiger partial charge in [0.1, 0.15) is 0 Å². The number of hydrogen-bond donors (Lipinski definition) is 1. The number of benzene rings is 2. The third-order valence-corrected chi connectivity index (χ3v) is 5.18. The van der Waals surface area contributed by atoms with Crippen LogP contribution in [0.1, 0.15) is 22.5 Å². The summed E-state index contributed by atoms with van der Waals surface area (Å²) < 4.78 is 1.81. The third kappa shape index (κ3) is 4.15. The fourth-order valence-corrected chi connectivity index (χ4v) is 3.62. The quantitative estimate of drug-likeness (QED) is 0.531. The molecule has 2 aromatic heterocycles. The Morgan fingerprint density at radius 2 is 1.86 bits per heavy atom. The van der Waals surface area contributed by atoms with Crippen LogP contribution in [0.4, 0.5) is 0 Å². The van der Waals surface area contributed by atoms with Gasteiger partial charge in [0.15, 0.2) is 5.65 Å². The highest BCUT2D eigenvalue weighted by Gasteiger charge is 2.15. The molecular weight excluding hydrogens is 384 g/mol. The SMILES string of the molecule is Cc1nc2cc(-c3ccccc3)nn2c(C)c1CC(=O)NCc1cccc(Cl)c1. The molecule has 29 heavy (non-hydrogen) atoms. The molecule has 0 aliphatic rings. The Hall–Kier alpha value is -3.18. The maximum absolute atomic E-state index is 12.5. The largest absolute Gasteiger partial charge is 0.352 e. The van der Waals surface area contributed by atoms with Crippen molar-refractivity contribution in [2.24, 2.45) is 0 Å². The summed E-state index contributed by atoms with van der Waals surface area (Å²) >= 11 is 6.00. The molecule has 0 aliphatic carbocycles. The second-order valence-corrected chi connectivity index (χ2v) is 7.45. The van der Waals surface area contributed by atoms with E-state index in [0.29, 0.717) is 11.6 Å². The van der Waals surface area contributed by atoms with Gasteiger partial charge in [0.2, 0.25) is 5.91 Å². The molecule has 0 aliphatic heterocycles. The molecule has 1 amide bonds. The minimum atomic E-state index is -0.0623. The predicted octanol–water partition coefficient (Wildman–Crippen LogP) is 4.53. The van der Waals surface area contributed by atoms with Crippen molar-refractivity contribution in [2.45, 2.75) is 26.8 Å². The monoisotopic (exact) mass is 404 g/mol. The van der Waals surface area contributed by atoms with Crippen LogP contribution in [-0.4, -0.2) is 20.5 Å². The number of carbonyl (C=O) groups excluding carboxylic acids is 1. The summed E-state index contributed by atoms with van der Waals surface area (Å²) in [6.07, 6.45) is 0.252. The van der Waals surface area contributed by atoms with Crippen LogP contribution in [0.5, 0.6) is 0 Å². The second-order valence-electron chi connectivity index (χ2n) is 7.01. The first-order valence-corrected chi connectivity index (χ1v) is 9.81. The van der Waals surface area contributed by atoms with Gasteiger partial charge in [0.25, 0.3) is 0 Å². The van der Waals surface area contributed by atoms with E-state index >= 15 is 0 Å². The minimum Gasteiger partial charge on any atom is -0.352 e. The predicted molar refractivity (Wildman–Crippen MR) is 115 cm³/mol. The smallest absolute Gasteiger partial charge is 0.224 e. The Morgan fingerprint density at radius 3 is 2.62 bits per heavy atom. The number of aromatic nitrogens is 3. The molecule has 4 rings (SSSR count). The van der Waals surface area contributed by atoms with Crippen molar-refractivity contribution in [1.82, 2.24) is 19.9 Å². The zero-order valence-electron chi connectivity index (χ0n) is 16.3. The Bertz CT molecular complexity index is 1180. The zero-order valence-corrected chi connectivity index (χ0v) is 17.1. The maximum Gasteiger partial charge on any atom is 0.224 e. The van der Waals surface area contributed by atoms with Crippen molar-refractivity contribution < 1.29 is 4.79 Å². The number of hydrogen-bond acceptors (Lipinski definition) is 3. The molecule has 0 fully saturated rings. The average molecular weight is 405 g/mol. The summed E-state index contributed by atoms with van der Waals surface area (Å²) in [4.78, 5) is 17.2. The number of rotatable bonds is 5. The lowest BCUT2D eigenvalue weighted by molar-refractivity contribution is -0.120. The van der Waals surface area contributed by atoms with E-state index in [1.165, 1.54) is 0 Å². The van der Waals surface area contributed by atoms with Crippen LogP contribution in [0.2, 0.25) is 5.02 Å². The van der Waals surface area contributed by atoms with Crippen LogP contribution in [0.25, 0.3) is 16.9 Å². The van der Waals surface area contributed by atoms with Crippen LogP contribution in [-0.2, 0) is 17.8 Å². The van der Waals surface area contributed by atoms with Crippen LogP contribution in [0, 0.1) is 13.8 Å². The normalized spacial score (nSPS) is 11.0. The summed E-state index contributed by atoms with van der Waals surface area (Å²) in [6, 6.07) is 19.4. The standard InChI is InChI=1S/C23H21ClN4O/c1-15-20(12-23(29)25-14-17-7-6-10-19(24)11-17)16(2)28-22(26-15)13-21(27-28)18-8-4-3-5-9-18/h3-11,13H,12,14H2,1-2H3,(H,25,29). The second kappa shape index (κ2) is 8.05. The van der Waals surface area contributed by atoms with Crippen molar-refractivity contribution in [1.29, 1.82) is 0 Å². The zero-order chi connectivity index (χ0) is 20.4. The molecule has 0 spiro atoms. The lowest BCUT2D eigenvalue weighted by Gasteiger charge is -2.11. The number of amides is 1. The van der Waals surface area contributed by atoms with Crippen molar-refractivity contribution in [2.75, 3.05) is 0 Å². The van der Waals surface area contributed by atoms with E-state index in [4.69, 9.17) is 16.7 Å². The van der Waals surface area contributed by atoms with E-state index in [1.807, 2.05) is 79.0 Å². The molecule has 4 aromatic rings. The number of nitrogens with zero attached hydrogens (tertiary/aromatic N) is 3. The van der Waals surface area contributed by atoms with Crippen molar-refractivity contribution in [3.63, 3.8) is 0 Å². The van der Waals surface area contributed by atoms with Gasteiger partial charge in [0.05, 0.1) is 12.1 Å². The van der Waals surface area contributed by atoms with Crippen molar-refractivity contribution in [3.05, 3.63) is 88.2 Å². The fourth-order valence-electron chi connectivity index (χ4n) is 3.40. The summed E-state index contributed by atoms with van der Waals surface area (Å²) in [5.41, 5.74) is 6.30. The third-order valence-electron chi connectivity index (χ3n) is 4.95. The first-order chi connectivity index (χ1) is 14.0. The Morgan fingerprint density at radius 1 is 1.07 bits per heavy atom. The number of aryl methyl sites for hydroxylation is 2. The van der Waals surface area contributed by atoms with E-state index in [9.17, 15) is 4.79 Å². The van der Waals surface area contributed by atoms with Crippen molar-refractivity contribution in [3.8, 4) is 11.3 Å². The molecule has 0 unspecified atom stereocenters. The maximum atomic E-state index is 12.5. The van der Waals surface area contributed by atoms with Gasteiger partial charge in [-0.2, -0.15) is 5.10 Å². The van der Waals surface area contributed by atoms with Gasteiger partial charge < -0.3 is 5.32 Å². The number of halogens is 1. The van der Waals surface area contributed by atoms with E-state index in [2.05, 4.69) is 10.3 Å². The topological polar surface area (TPSA) is 59.3 Å². The first kappa shape index (κ1) is 19.2. The molecule has 0 bridgehead atoms. The van der Waals surface area contributed by atoms with Gasteiger partial charge in [-0.3, -0.25) is 4.79 Å². The molecule has 0 radical (unpaired) electrons. The molecule has 2 heterocycles. The summed E-state index contributed by atoms with van der Waals surface area (Å²) in [7, 11) is 0. The molecule has 6 heteroatoms. The minimum absolute atomic E-state index is 0.0623. The average Bonchev–Trinajstić information content (AvgIpc) is 3.14. The fraction of sp³-hybridized carbons (Fsp3) is 0.174. The van der Waals surface area contributed by atoms with E-state index in [-0.39, 0.29) is 12.3 Å². The van der Waals surface area contributed by atoms with E-state index in [0.717, 1.165) is 39.4 Å². The van der Waals surface area contributed by atoms with Crippen LogP contribution in [0.3, 0.4) is 0 Å². The van der Waals surface area contributed by atoms with Crippen LogP contribution >= 0.6 is 11.6 Å². The number of fused-ring (bicyclic) bond motifs is 1. The summed E-state index contributed by atoms with van der Waals surface area (Å²) in [5, 5.41) is 8.31. The molecule has 146 valence electrons. The molecule has 1 N–H and O–H groups in total. The molecule has 2 aromatic carbocycles. The molecule has 0 saturated heterocycles. The molecule has 5 nitrogen and oxygen atoms in total. The molecular formula is C23H21ClN4O. The van der Waals surface area contributed by atoms with Gasteiger partial charge in [-0.1, -0.05) is 54.1 Å². The van der Waals surface area contributed by atoms with Gasteiger partial charge >= 0.3 is 0 Å². The van der Waals surface area contributed by atoms with Gasteiger partial charge in [-0.05, 0) is 31.5 Å². The molecule has 0 atom stereocenters. The van der Waals surface area contributed by atoms with E-state index < -0.39 is 0 Å².